The fraction of sp³-hybridized carbons (Fsp3) is 0.571. The van der Waals surface area contributed by atoms with Crippen molar-refractivity contribution in [2.75, 3.05) is 13.2 Å². The minimum absolute atomic E-state index is 0.0584. The molecule has 2 unspecified atom stereocenters. The van der Waals surface area contributed by atoms with Gasteiger partial charge in [-0.25, -0.2) is 13.1 Å². The molecular weight excluding hydrogens is 358 g/mol. The lowest BCUT2D eigenvalue weighted by Crippen LogP contribution is -2.42. The monoisotopic (exact) mass is 375 g/mol. The smallest absolute Gasteiger partial charge is 0.240 e. The van der Waals surface area contributed by atoms with E-state index >= 15 is 0 Å². The van der Waals surface area contributed by atoms with Crippen LogP contribution in [0.4, 0.5) is 0 Å². The zero-order valence-corrected chi connectivity index (χ0v) is 14.0. The molecule has 1 aromatic carbocycles. The first-order chi connectivity index (χ1) is 10.1. The van der Waals surface area contributed by atoms with Crippen LogP contribution in [0.1, 0.15) is 25.7 Å². The third-order valence-electron chi connectivity index (χ3n) is 3.81. The Balaban J connectivity index is 1.81. The summed E-state index contributed by atoms with van der Waals surface area (Å²) in [4.78, 5) is 0.412. The molecule has 1 saturated carbocycles. The first-order valence-electron chi connectivity index (χ1n) is 7.12. The molecule has 1 fully saturated rings. The van der Waals surface area contributed by atoms with Crippen LogP contribution in [0.3, 0.4) is 0 Å². The third kappa shape index (κ3) is 3.35. The summed E-state index contributed by atoms with van der Waals surface area (Å²) >= 11 is 3.57. The number of hydrogen-bond donors (Lipinski definition) is 1. The van der Waals surface area contributed by atoms with Gasteiger partial charge in [0.15, 0.2) is 11.5 Å². The summed E-state index contributed by atoms with van der Waals surface area (Å²) in [7, 11) is -3.54. The lowest BCUT2D eigenvalue weighted by Gasteiger charge is -2.28. The van der Waals surface area contributed by atoms with Gasteiger partial charge in [0.2, 0.25) is 10.0 Å². The summed E-state index contributed by atoms with van der Waals surface area (Å²) in [6.45, 7) is 0.931. The van der Waals surface area contributed by atoms with Gasteiger partial charge in [-0.1, -0.05) is 28.8 Å². The van der Waals surface area contributed by atoms with E-state index in [9.17, 15) is 8.42 Å². The van der Waals surface area contributed by atoms with Crippen molar-refractivity contribution in [3.05, 3.63) is 18.2 Å². The topological polar surface area (TPSA) is 64.6 Å². The van der Waals surface area contributed by atoms with E-state index in [4.69, 9.17) is 9.47 Å². The van der Waals surface area contributed by atoms with Gasteiger partial charge in [-0.05, 0) is 25.0 Å². The van der Waals surface area contributed by atoms with Crippen LogP contribution in [0, 0.1) is 0 Å². The van der Waals surface area contributed by atoms with Gasteiger partial charge < -0.3 is 9.47 Å². The number of rotatable bonds is 3. The van der Waals surface area contributed by atoms with Gasteiger partial charge in [0.25, 0.3) is 0 Å². The molecule has 0 spiro atoms. The molecule has 5 nitrogen and oxygen atoms in total. The molecule has 3 rings (SSSR count). The molecule has 1 heterocycles. The van der Waals surface area contributed by atoms with Crippen LogP contribution in [0.2, 0.25) is 0 Å². The van der Waals surface area contributed by atoms with Crippen molar-refractivity contribution in [3.8, 4) is 11.5 Å². The second-order valence-electron chi connectivity index (χ2n) is 5.33. The van der Waals surface area contributed by atoms with Crippen LogP contribution in [0.25, 0.3) is 0 Å². The van der Waals surface area contributed by atoms with E-state index in [1.54, 1.807) is 12.1 Å². The predicted molar refractivity (Wildman–Crippen MR) is 82.7 cm³/mol. The average molecular weight is 376 g/mol. The Morgan fingerprint density at radius 1 is 1.10 bits per heavy atom. The van der Waals surface area contributed by atoms with Crippen molar-refractivity contribution < 1.29 is 17.9 Å². The molecule has 2 atom stereocenters. The van der Waals surface area contributed by atoms with Crippen LogP contribution < -0.4 is 14.2 Å². The summed E-state index contributed by atoms with van der Waals surface area (Å²) in [5.74, 6) is 1.08. The molecule has 1 aromatic rings. The van der Waals surface area contributed by atoms with E-state index < -0.39 is 10.0 Å². The minimum atomic E-state index is -3.54. The normalized spacial score (nSPS) is 25.6. The maximum Gasteiger partial charge on any atom is 0.240 e. The summed E-state index contributed by atoms with van der Waals surface area (Å²) in [6.07, 6.45) is 4.04. The second kappa shape index (κ2) is 6.14. The number of benzene rings is 1. The highest BCUT2D eigenvalue weighted by molar-refractivity contribution is 9.09. The van der Waals surface area contributed by atoms with Crippen molar-refractivity contribution >= 4 is 26.0 Å². The van der Waals surface area contributed by atoms with Gasteiger partial charge in [-0.15, -0.1) is 0 Å². The molecule has 0 amide bonds. The Bertz CT molecular complexity index is 619. The highest BCUT2D eigenvalue weighted by Crippen LogP contribution is 2.33. The minimum Gasteiger partial charge on any atom is -0.486 e. The number of hydrogen-bond acceptors (Lipinski definition) is 4. The summed E-state index contributed by atoms with van der Waals surface area (Å²) in [5, 5.41) is 0. The number of nitrogens with one attached hydrogen (secondary N) is 1. The van der Waals surface area contributed by atoms with Gasteiger partial charge >= 0.3 is 0 Å². The zero-order chi connectivity index (χ0) is 14.9. The lowest BCUT2D eigenvalue weighted by atomic mass is 9.96. The van der Waals surface area contributed by atoms with Crippen LogP contribution in [-0.2, 0) is 10.0 Å². The van der Waals surface area contributed by atoms with E-state index in [0.717, 1.165) is 25.7 Å². The number of fused-ring (bicyclic) bond motifs is 1. The average Bonchev–Trinajstić information content (AvgIpc) is 2.49. The summed E-state index contributed by atoms with van der Waals surface area (Å²) in [5.41, 5.74) is 0. The molecule has 1 aliphatic heterocycles. The molecule has 21 heavy (non-hydrogen) atoms. The molecule has 0 aromatic heterocycles. The second-order valence-corrected chi connectivity index (χ2v) is 8.22. The number of halogens is 1. The molecule has 2 aliphatic rings. The standard InChI is InChI=1S/C14H18BrNO4S/c15-11-3-1-2-4-12(11)16-21(17,18)10-5-6-13-14(9-10)20-8-7-19-13/h5-6,9,11-12,16H,1-4,7-8H2. The van der Waals surface area contributed by atoms with E-state index in [0.29, 0.717) is 24.7 Å². The fourth-order valence-electron chi connectivity index (χ4n) is 2.68. The highest BCUT2D eigenvalue weighted by Gasteiger charge is 2.28. The Hall–Kier alpha value is -0.790. The van der Waals surface area contributed by atoms with E-state index in [-0.39, 0.29) is 15.8 Å². The largest absolute Gasteiger partial charge is 0.486 e. The molecule has 0 saturated heterocycles. The zero-order valence-electron chi connectivity index (χ0n) is 11.5. The van der Waals surface area contributed by atoms with Crippen LogP contribution >= 0.6 is 15.9 Å². The van der Waals surface area contributed by atoms with E-state index in [2.05, 4.69) is 20.7 Å². The molecule has 1 N–H and O–H groups in total. The predicted octanol–water partition coefficient (Wildman–Crippen LogP) is 2.44. The van der Waals surface area contributed by atoms with Crippen molar-refractivity contribution in [2.45, 2.75) is 41.4 Å². The number of ether oxygens (including phenoxy) is 2. The van der Waals surface area contributed by atoms with Crippen molar-refractivity contribution in [2.24, 2.45) is 0 Å². The van der Waals surface area contributed by atoms with Gasteiger partial charge in [0.05, 0.1) is 4.90 Å². The molecule has 116 valence electrons. The quantitative estimate of drug-likeness (QED) is 0.824. The van der Waals surface area contributed by atoms with Crippen molar-refractivity contribution in [1.82, 2.24) is 4.72 Å². The van der Waals surface area contributed by atoms with Crippen LogP contribution in [-0.4, -0.2) is 32.5 Å². The Morgan fingerprint density at radius 2 is 1.81 bits per heavy atom. The number of alkyl halides is 1. The van der Waals surface area contributed by atoms with Crippen molar-refractivity contribution in [3.63, 3.8) is 0 Å². The van der Waals surface area contributed by atoms with Gasteiger partial charge in [-0.2, -0.15) is 0 Å². The summed E-state index contributed by atoms with van der Waals surface area (Å²) < 4.78 is 38.7. The first-order valence-corrected chi connectivity index (χ1v) is 9.52. The van der Waals surface area contributed by atoms with Gasteiger partial charge in [-0.3, -0.25) is 0 Å². The van der Waals surface area contributed by atoms with Crippen LogP contribution in [0.15, 0.2) is 23.1 Å². The van der Waals surface area contributed by atoms with Crippen LogP contribution in [0.5, 0.6) is 11.5 Å². The van der Waals surface area contributed by atoms with Crippen molar-refractivity contribution in [1.29, 1.82) is 0 Å². The third-order valence-corrected chi connectivity index (χ3v) is 6.40. The molecule has 0 radical (unpaired) electrons. The van der Waals surface area contributed by atoms with E-state index in [1.165, 1.54) is 6.07 Å². The summed E-state index contributed by atoms with van der Waals surface area (Å²) in [6, 6.07) is 4.68. The lowest BCUT2D eigenvalue weighted by molar-refractivity contribution is 0.171. The Morgan fingerprint density at radius 3 is 2.57 bits per heavy atom. The Kier molecular flexibility index (Phi) is 4.42. The maximum atomic E-state index is 12.5. The molecular formula is C14H18BrNO4S. The number of sulfonamides is 1. The highest BCUT2D eigenvalue weighted by atomic mass is 79.9. The first kappa shape index (κ1) is 15.1. The van der Waals surface area contributed by atoms with E-state index in [1.807, 2.05) is 0 Å². The Labute approximate surface area is 133 Å². The van der Waals surface area contributed by atoms with Gasteiger partial charge in [0, 0.05) is 16.9 Å². The maximum absolute atomic E-state index is 12.5. The molecule has 0 bridgehead atoms. The SMILES string of the molecule is O=S(=O)(NC1CCCCC1Br)c1ccc2c(c1)OCCO2. The fourth-order valence-corrected chi connectivity index (χ4v) is 4.90. The molecule has 7 heteroatoms. The molecule has 1 aliphatic carbocycles. The van der Waals surface area contributed by atoms with Gasteiger partial charge in [0.1, 0.15) is 13.2 Å².